The van der Waals surface area contributed by atoms with Gasteiger partial charge in [0.25, 0.3) is 5.91 Å². The van der Waals surface area contributed by atoms with Crippen molar-refractivity contribution in [3.63, 3.8) is 0 Å². The van der Waals surface area contributed by atoms with E-state index in [0.29, 0.717) is 11.6 Å². The molecule has 0 aliphatic rings. The highest BCUT2D eigenvalue weighted by Gasteiger charge is 2.31. The lowest BCUT2D eigenvalue weighted by Crippen LogP contribution is -2.18. The number of amides is 1. The minimum Gasteiger partial charge on any atom is -0.406 e. The van der Waals surface area contributed by atoms with E-state index in [9.17, 15) is 18.0 Å². The van der Waals surface area contributed by atoms with Crippen molar-refractivity contribution in [3.05, 3.63) is 59.4 Å². The van der Waals surface area contributed by atoms with Crippen LogP contribution >= 0.6 is 0 Å². The van der Waals surface area contributed by atoms with Crippen molar-refractivity contribution in [1.29, 1.82) is 0 Å². The maximum atomic E-state index is 12.3. The summed E-state index contributed by atoms with van der Waals surface area (Å²) in [6.07, 6.45) is -2.02. The molecule has 0 saturated heterocycles. The van der Waals surface area contributed by atoms with Crippen molar-refractivity contribution in [1.82, 2.24) is 19.5 Å². The van der Waals surface area contributed by atoms with E-state index in [4.69, 9.17) is 0 Å². The number of imidazole rings is 1. The standard InChI is InChI=1S/C18H16F3N5O2/c1-10-11(2)26(12(3)24-10)17-22-8-14(9-23-17)25-16(27)13-5-4-6-15(7-13)28-18(19,20)21/h4-9H,1-3H3,(H,25,27). The first-order valence-electron chi connectivity index (χ1n) is 8.16. The first kappa shape index (κ1) is 19.3. The highest BCUT2D eigenvalue weighted by Crippen LogP contribution is 2.23. The summed E-state index contributed by atoms with van der Waals surface area (Å²) in [4.78, 5) is 25.1. The number of rotatable bonds is 4. The predicted molar refractivity (Wildman–Crippen MR) is 94.4 cm³/mol. The van der Waals surface area contributed by atoms with Gasteiger partial charge in [0.05, 0.1) is 23.8 Å². The average Bonchev–Trinajstić information content (AvgIpc) is 2.87. The quantitative estimate of drug-likeness (QED) is 0.733. The highest BCUT2D eigenvalue weighted by molar-refractivity contribution is 6.04. The van der Waals surface area contributed by atoms with Crippen LogP contribution in [0, 0.1) is 20.8 Å². The highest BCUT2D eigenvalue weighted by atomic mass is 19.4. The van der Waals surface area contributed by atoms with Gasteiger partial charge in [0.2, 0.25) is 5.95 Å². The van der Waals surface area contributed by atoms with Gasteiger partial charge in [0.15, 0.2) is 0 Å². The van der Waals surface area contributed by atoms with Crippen LogP contribution in [-0.2, 0) is 0 Å². The molecule has 0 aliphatic carbocycles. The monoisotopic (exact) mass is 391 g/mol. The van der Waals surface area contributed by atoms with Gasteiger partial charge in [-0.25, -0.2) is 15.0 Å². The number of alkyl halides is 3. The summed E-state index contributed by atoms with van der Waals surface area (Å²) in [7, 11) is 0. The lowest BCUT2D eigenvalue weighted by Gasteiger charge is -2.10. The van der Waals surface area contributed by atoms with Crippen molar-refractivity contribution in [2.24, 2.45) is 0 Å². The van der Waals surface area contributed by atoms with Gasteiger partial charge in [-0.05, 0) is 39.0 Å². The van der Waals surface area contributed by atoms with Gasteiger partial charge in [0, 0.05) is 11.3 Å². The summed E-state index contributed by atoms with van der Waals surface area (Å²) in [6, 6.07) is 4.77. The van der Waals surface area contributed by atoms with E-state index >= 15 is 0 Å². The van der Waals surface area contributed by atoms with Gasteiger partial charge in [-0.2, -0.15) is 0 Å². The molecule has 0 spiro atoms. The van der Waals surface area contributed by atoms with Gasteiger partial charge in [-0.15, -0.1) is 13.2 Å². The van der Waals surface area contributed by atoms with E-state index in [2.05, 4.69) is 25.0 Å². The van der Waals surface area contributed by atoms with Crippen molar-refractivity contribution in [2.75, 3.05) is 5.32 Å². The van der Waals surface area contributed by atoms with Crippen LogP contribution in [-0.4, -0.2) is 31.8 Å². The molecule has 2 aromatic heterocycles. The van der Waals surface area contributed by atoms with Crippen LogP contribution in [0.15, 0.2) is 36.7 Å². The molecule has 0 unspecified atom stereocenters. The van der Waals surface area contributed by atoms with E-state index in [1.54, 1.807) is 4.57 Å². The zero-order chi connectivity index (χ0) is 20.5. The molecule has 0 atom stereocenters. The fraction of sp³-hybridized carbons (Fsp3) is 0.222. The molecule has 28 heavy (non-hydrogen) atoms. The molecule has 0 bridgehead atoms. The Morgan fingerprint density at radius 1 is 1.14 bits per heavy atom. The normalized spacial score (nSPS) is 11.4. The lowest BCUT2D eigenvalue weighted by molar-refractivity contribution is -0.274. The first-order valence-corrected chi connectivity index (χ1v) is 8.16. The number of carbonyl (C=O) groups excluding carboxylic acids is 1. The van der Waals surface area contributed by atoms with E-state index in [-0.39, 0.29) is 5.56 Å². The maximum Gasteiger partial charge on any atom is 0.573 e. The molecule has 1 aromatic carbocycles. The second kappa shape index (κ2) is 7.29. The summed E-state index contributed by atoms with van der Waals surface area (Å²) in [5, 5.41) is 2.54. The first-order chi connectivity index (χ1) is 13.1. The van der Waals surface area contributed by atoms with Crippen molar-refractivity contribution in [3.8, 4) is 11.7 Å². The Bertz CT molecular complexity index is 1010. The van der Waals surface area contributed by atoms with Crippen LogP contribution in [0.5, 0.6) is 5.75 Å². The Kier molecular flexibility index (Phi) is 5.04. The lowest BCUT2D eigenvalue weighted by atomic mass is 10.2. The van der Waals surface area contributed by atoms with E-state index in [1.165, 1.54) is 24.5 Å². The van der Waals surface area contributed by atoms with Crippen LogP contribution < -0.4 is 10.1 Å². The van der Waals surface area contributed by atoms with Crippen molar-refractivity contribution >= 4 is 11.6 Å². The van der Waals surface area contributed by atoms with Gasteiger partial charge >= 0.3 is 6.36 Å². The molecule has 0 fully saturated rings. The number of ether oxygens (including phenoxy) is 1. The number of nitrogens with one attached hydrogen (secondary N) is 1. The Morgan fingerprint density at radius 2 is 1.82 bits per heavy atom. The van der Waals surface area contributed by atoms with Crippen LogP contribution in [0.1, 0.15) is 27.6 Å². The molecule has 1 N–H and O–H groups in total. The zero-order valence-corrected chi connectivity index (χ0v) is 15.2. The average molecular weight is 391 g/mol. The summed E-state index contributed by atoms with van der Waals surface area (Å²) < 4.78 is 42.5. The number of aromatic nitrogens is 4. The predicted octanol–water partition coefficient (Wildman–Crippen LogP) is 3.74. The van der Waals surface area contributed by atoms with Crippen LogP contribution in [0.2, 0.25) is 0 Å². The second-order valence-electron chi connectivity index (χ2n) is 5.97. The van der Waals surface area contributed by atoms with E-state index in [1.807, 2.05) is 20.8 Å². The number of aryl methyl sites for hydroxylation is 2. The van der Waals surface area contributed by atoms with Gasteiger partial charge < -0.3 is 10.1 Å². The Hall–Kier alpha value is -3.43. The molecule has 0 aliphatic heterocycles. The van der Waals surface area contributed by atoms with E-state index in [0.717, 1.165) is 29.3 Å². The van der Waals surface area contributed by atoms with Gasteiger partial charge in [-0.1, -0.05) is 6.07 Å². The van der Waals surface area contributed by atoms with Crippen LogP contribution in [0.3, 0.4) is 0 Å². The zero-order valence-electron chi connectivity index (χ0n) is 15.2. The van der Waals surface area contributed by atoms with Gasteiger partial charge in [-0.3, -0.25) is 9.36 Å². The Balaban J connectivity index is 1.76. The molecule has 3 aromatic rings. The second-order valence-corrected chi connectivity index (χ2v) is 5.97. The minimum absolute atomic E-state index is 0.00255. The Morgan fingerprint density at radius 3 is 2.39 bits per heavy atom. The third-order valence-electron chi connectivity index (χ3n) is 3.94. The third kappa shape index (κ3) is 4.27. The molecule has 0 saturated carbocycles. The topological polar surface area (TPSA) is 81.9 Å². The molecule has 2 heterocycles. The Labute approximate surface area is 158 Å². The summed E-state index contributed by atoms with van der Waals surface area (Å²) in [5.74, 6) is 0.0328. The van der Waals surface area contributed by atoms with Crippen LogP contribution in [0.4, 0.5) is 18.9 Å². The summed E-state index contributed by atoms with van der Waals surface area (Å²) in [6.45, 7) is 5.60. The molecule has 10 heteroatoms. The summed E-state index contributed by atoms with van der Waals surface area (Å²) >= 11 is 0. The minimum atomic E-state index is -4.83. The van der Waals surface area contributed by atoms with Crippen molar-refractivity contribution in [2.45, 2.75) is 27.1 Å². The smallest absolute Gasteiger partial charge is 0.406 e. The largest absolute Gasteiger partial charge is 0.573 e. The number of anilines is 1. The molecule has 3 rings (SSSR count). The number of carbonyl (C=O) groups is 1. The number of benzene rings is 1. The van der Waals surface area contributed by atoms with E-state index < -0.39 is 18.0 Å². The molecule has 1 amide bonds. The fourth-order valence-electron chi connectivity index (χ4n) is 2.61. The molecule has 7 nitrogen and oxygen atoms in total. The third-order valence-corrected chi connectivity index (χ3v) is 3.94. The molecular formula is C18H16F3N5O2. The van der Waals surface area contributed by atoms with Crippen molar-refractivity contribution < 1.29 is 22.7 Å². The SMILES string of the molecule is Cc1nc(C)n(-c2ncc(NC(=O)c3cccc(OC(F)(F)F)c3)cn2)c1C. The number of nitrogens with zero attached hydrogens (tertiary/aromatic N) is 4. The molecule has 0 radical (unpaired) electrons. The summed E-state index contributed by atoms with van der Waals surface area (Å²) in [5.41, 5.74) is 2.06. The number of hydrogen-bond donors (Lipinski definition) is 1. The van der Waals surface area contributed by atoms with Gasteiger partial charge in [0.1, 0.15) is 11.6 Å². The number of halogens is 3. The van der Waals surface area contributed by atoms with Crippen LogP contribution in [0.25, 0.3) is 5.95 Å². The fourth-order valence-corrected chi connectivity index (χ4v) is 2.61. The molecular weight excluding hydrogens is 375 g/mol. The molecule has 146 valence electrons. The maximum absolute atomic E-state index is 12.3. The number of hydrogen-bond acceptors (Lipinski definition) is 5.